The van der Waals surface area contributed by atoms with Crippen molar-refractivity contribution in [2.24, 2.45) is 28.3 Å². The lowest BCUT2D eigenvalue weighted by Crippen LogP contribution is -2.70. The Bertz CT molecular complexity index is 1420. The van der Waals surface area contributed by atoms with Gasteiger partial charge in [0.1, 0.15) is 30.8 Å². The van der Waals surface area contributed by atoms with Crippen molar-refractivity contribution in [3.8, 4) is 11.5 Å². The van der Waals surface area contributed by atoms with E-state index >= 15 is 0 Å². The third-order valence-electron chi connectivity index (χ3n) is 10.9. The Balaban J connectivity index is 1.71. The molecule has 6 atom stereocenters. The van der Waals surface area contributed by atoms with Crippen LogP contribution in [0.3, 0.4) is 0 Å². The van der Waals surface area contributed by atoms with Crippen LogP contribution in [0, 0.1) is 23.2 Å². The first-order chi connectivity index (χ1) is 25.6. The van der Waals surface area contributed by atoms with Gasteiger partial charge in [0.25, 0.3) is 0 Å². The Labute approximate surface area is 317 Å². The maximum Gasteiger partial charge on any atom is 0.410 e. The summed E-state index contributed by atoms with van der Waals surface area (Å²) in [6, 6.07) is 5.53. The summed E-state index contributed by atoms with van der Waals surface area (Å²) in [6.45, 7) is 19.5. The van der Waals surface area contributed by atoms with E-state index in [-0.39, 0.29) is 55.5 Å². The van der Waals surface area contributed by atoms with Crippen molar-refractivity contribution in [3.63, 3.8) is 0 Å². The van der Waals surface area contributed by atoms with Gasteiger partial charge in [-0.05, 0) is 80.1 Å². The molecule has 4 aliphatic rings. The van der Waals surface area contributed by atoms with Crippen molar-refractivity contribution in [1.29, 1.82) is 0 Å². The lowest BCUT2D eigenvalue weighted by atomic mass is 9.55. The van der Waals surface area contributed by atoms with E-state index < -0.39 is 17.9 Å². The zero-order valence-corrected chi connectivity index (χ0v) is 32.9. The number of rotatable bonds is 21. The summed E-state index contributed by atoms with van der Waals surface area (Å²) in [5.74, 6) is 0.0700. The summed E-state index contributed by atoms with van der Waals surface area (Å²) in [6.07, 6.45) is 9.69. The van der Waals surface area contributed by atoms with E-state index in [4.69, 9.17) is 28.9 Å². The molecule has 1 saturated carbocycles. The van der Waals surface area contributed by atoms with Crippen molar-refractivity contribution in [3.05, 3.63) is 48.1 Å². The van der Waals surface area contributed by atoms with Crippen LogP contribution >= 0.6 is 0 Å². The molecular formula is C42H65N3O8. The van der Waals surface area contributed by atoms with E-state index in [1.54, 1.807) is 11.0 Å². The molecule has 1 saturated heterocycles. The third-order valence-corrected chi connectivity index (χ3v) is 10.9. The van der Waals surface area contributed by atoms with Crippen molar-refractivity contribution in [2.45, 2.75) is 104 Å². The maximum atomic E-state index is 14.2. The zero-order chi connectivity index (χ0) is 38.0. The van der Waals surface area contributed by atoms with Gasteiger partial charge >= 0.3 is 6.09 Å². The average molecular weight is 740 g/mol. The topological polar surface area (TPSA) is 122 Å². The molecule has 1 aromatic rings. The Kier molecular flexibility index (Phi) is 14.7. The number of amides is 1. The zero-order valence-electron chi connectivity index (χ0n) is 32.9. The number of aliphatic hydroxyl groups excluding tert-OH is 2. The van der Waals surface area contributed by atoms with Gasteiger partial charge in [0, 0.05) is 57.3 Å². The molecule has 53 heavy (non-hydrogen) atoms. The van der Waals surface area contributed by atoms with Gasteiger partial charge in [-0.15, -0.1) is 6.58 Å². The molecule has 11 nitrogen and oxygen atoms in total. The fourth-order valence-corrected chi connectivity index (χ4v) is 8.44. The molecule has 0 radical (unpaired) electrons. The number of unbranched alkanes of at least 4 members (excludes halogenated alkanes) is 2. The number of carbonyl (C=O) groups is 1. The van der Waals surface area contributed by atoms with Crippen LogP contribution in [0.15, 0.2) is 47.7 Å². The van der Waals surface area contributed by atoms with Crippen molar-refractivity contribution >= 4 is 11.8 Å². The second-order valence-electron chi connectivity index (χ2n) is 16.2. The standard InChI is InChI=1S/C42H65N3O8/c1-7-18-45(40(48)50-29-41(4,5)6)37-28-35(43-52-9-3)33-26-30(14-10-12-22-46)32(15-11-13-23-47)38-34-27-31(49-25-21-44-19-20-44)16-17-36(34)53-42(37,39(33)38)51-24-8-2/h8,16-17,26-27,30,32,37-39,46-47H,2,7,9-15,18-25,28-29H2,1,3-6H3/t30-,32+,37-,38+,39+,42+/m0/s1. The van der Waals surface area contributed by atoms with Crippen LogP contribution < -0.4 is 9.47 Å². The van der Waals surface area contributed by atoms with Crippen LogP contribution in [0.4, 0.5) is 4.79 Å². The van der Waals surface area contributed by atoms with E-state index in [9.17, 15) is 15.0 Å². The highest BCUT2D eigenvalue weighted by atomic mass is 16.7. The summed E-state index contributed by atoms with van der Waals surface area (Å²) < 4.78 is 26.6. The Morgan fingerprint density at radius 3 is 2.55 bits per heavy atom. The quantitative estimate of drug-likeness (QED) is 0.0599. The molecular weight excluding hydrogens is 674 g/mol. The fraction of sp³-hybridized carbons (Fsp3) is 0.714. The van der Waals surface area contributed by atoms with Crippen molar-refractivity contribution in [1.82, 2.24) is 9.80 Å². The molecule has 2 heterocycles. The van der Waals surface area contributed by atoms with E-state index in [2.05, 4.69) is 30.5 Å². The molecule has 0 bridgehead atoms. The molecule has 5 rings (SSSR count). The SMILES string of the molecule is C=CCO[C@@]12Oc3ccc(OCCN4CC4)cc3[C@H]3[C@H](CCCCO)[C@@H](CCCCO)C=C(C(=NOCC)C[C@@H]1N(CCC)C(=O)OCC(C)(C)C)[C@H]32. The van der Waals surface area contributed by atoms with Crippen LogP contribution in [-0.4, -0.2) is 109 Å². The van der Waals surface area contributed by atoms with Crippen LogP contribution in [0.5, 0.6) is 11.5 Å². The Morgan fingerprint density at radius 1 is 1.13 bits per heavy atom. The van der Waals surface area contributed by atoms with Crippen molar-refractivity contribution < 1.29 is 38.8 Å². The predicted molar refractivity (Wildman–Crippen MR) is 206 cm³/mol. The molecule has 1 aromatic carbocycles. The second-order valence-corrected chi connectivity index (χ2v) is 16.2. The van der Waals surface area contributed by atoms with Crippen LogP contribution in [-0.2, 0) is 14.3 Å². The number of ether oxygens (including phenoxy) is 4. The highest BCUT2D eigenvalue weighted by Gasteiger charge is 2.65. The first kappa shape index (κ1) is 41.1. The molecule has 11 heteroatoms. The molecule has 2 aliphatic carbocycles. The van der Waals surface area contributed by atoms with Crippen LogP contribution in [0.2, 0.25) is 0 Å². The van der Waals surface area contributed by atoms with E-state index in [0.29, 0.717) is 44.8 Å². The molecule has 2 fully saturated rings. The lowest BCUT2D eigenvalue weighted by Gasteiger charge is -2.60. The number of hydrogen-bond donors (Lipinski definition) is 2. The molecule has 1 amide bonds. The van der Waals surface area contributed by atoms with Gasteiger partial charge in [0.2, 0.25) is 5.79 Å². The third kappa shape index (κ3) is 9.96. The summed E-state index contributed by atoms with van der Waals surface area (Å²) in [5.41, 5.74) is 2.64. The van der Waals surface area contributed by atoms with Gasteiger partial charge in [-0.1, -0.05) is 57.8 Å². The Morgan fingerprint density at radius 2 is 1.89 bits per heavy atom. The fourth-order valence-electron chi connectivity index (χ4n) is 8.44. The summed E-state index contributed by atoms with van der Waals surface area (Å²) in [7, 11) is 0. The average Bonchev–Trinajstić information content (AvgIpc) is 3.97. The number of allylic oxidation sites excluding steroid dienone is 1. The molecule has 0 unspecified atom stereocenters. The smallest absolute Gasteiger partial charge is 0.410 e. The van der Waals surface area contributed by atoms with Crippen LogP contribution in [0.25, 0.3) is 0 Å². The molecule has 2 aliphatic heterocycles. The highest BCUT2D eigenvalue weighted by Crippen LogP contribution is 2.62. The first-order valence-corrected chi connectivity index (χ1v) is 20.1. The normalized spacial score (nSPS) is 26.9. The summed E-state index contributed by atoms with van der Waals surface area (Å²) in [5, 5.41) is 24.4. The minimum Gasteiger partial charge on any atom is -0.492 e. The second kappa shape index (κ2) is 19.0. The highest BCUT2D eigenvalue weighted by molar-refractivity contribution is 6.02. The largest absolute Gasteiger partial charge is 0.492 e. The minimum absolute atomic E-state index is 0.0965. The van der Waals surface area contributed by atoms with Gasteiger partial charge in [0.15, 0.2) is 0 Å². The van der Waals surface area contributed by atoms with Gasteiger partial charge < -0.3 is 34.0 Å². The maximum absolute atomic E-state index is 14.2. The van der Waals surface area contributed by atoms with Gasteiger partial charge in [0.05, 0.1) is 24.8 Å². The number of hydrogen-bond acceptors (Lipinski definition) is 10. The monoisotopic (exact) mass is 739 g/mol. The summed E-state index contributed by atoms with van der Waals surface area (Å²) in [4.78, 5) is 24.2. The first-order valence-electron chi connectivity index (χ1n) is 20.1. The number of aliphatic hydroxyl groups is 2. The number of fused-ring (bicyclic) bond motifs is 2. The number of oxime groups is 1. The Hall–Kier alpha value is -3.12. The predicted octanol–water partition coefficient (Wildman–Crippen LogP) is 6.93. The van der Waals surface area contributed by atoms with Crippen LogP contribution in [0.1, 0.15) is 97.5 Å². The van der Waals surface area contributed by atoms with E-state index in [1.165, 1.54) is 0 Å². The summed E-state index contributed by atoms with van der Waals surface area (Å²) >= 11 is 0. The number of carbonyl (C=O) groups excluding carboxylic acids is 1. The van der Waals surface area contributed by atoms with Gasteiger partial charge in [-0.3, -0.25) is 9.80 Å². The molecule has 2 N–H and O–H groups in total. The van der Waals surface area contributed by atoms with Gasteiger partial charge in [-0.25, -0.2) is 4.79 Å². The lowest BCUT2D eigenvalue weighted by molar-refractivity contribution is -0.255. The number of benzene rings is 1. The van der Waals surface area contributed by atoms with Crippen molar-refractivity contribution in [2.75, 3.05) is 65.8 Å². The molecule has 0 aromatic heterocycles. The molecule has 296 valence electrons. The van der Waals surface area contributed by atoms with E-state index in [0.717, 1.165) is 74.3 Å². The molecule has 0 spiro atoms. The van der Waals surface area contributed by atoms with Gasteiger partial charge in [-0.2, -0.15) is 0 Å². The number of nitrogens with zero attached hydrogens (tertiary/aromatic N) is 3. The van der Waals surface area contributed by atoms with E-state index in [1.807, 2.05) is 39.8 Å². The minimum atomic E-state index is -1.30.